The third kappa shape index (κ3) is 4.14. The van der Waals surface area contributed by atoms with E-state index in [4.69, 9.17) is 10.5 Å². The highest BCUT2D eigenvalue weighted by Gasteiger charge is 2.24. The van der Waals surface area contributed by atoms with Crippen LogP contribution in [0.2, 0.25) is 0 Å². The Morgan fingerprint density at radius 3 is 2.92 bits per heavy atom. The third-order valence-electron chi connectivity index (χ3n) is 4.18. The van der Waals surface area contributed by atoms with E-state index in [9.17, 15) is 9.59 Å². The van der Waals surface area contributed by atoms with Crippen molar-refractivity contribution in [1.82, 2.24) is 10.2 Å². The SMILES string of the molecule is COCCNC(=O)N1CCc2cc(C(=O)Nc3ccccc3N)sc2C1. The van der Waals surface area contributed by atoms with Crippen LogP contribution in [-0.4, -0.2) is 43.6 Å². The molecule has 0 aliphatic carbocycles. The molecule has 1 aliphatic heterocycles. The lowest BCUT2D eigenvalue weighted by Crippen LogP contribution is -2.43. The van der Waals surface area contributed by atoms with Crippen LogP contribution in [-0.2, 0) is 17.7 Å². The molecule has 0 fully saturated rings. The van der Waals surface area contributed by atoms with E-state index in [0.717, 1.165) is 16.9 Å². The van der Waals surface area contributed by atoms with Crippen LogP contribution in [0.4, 0.5) is 16.2 Å². The quantitative estimate of drug-likeness (QED) is 0.553. The molecule has 0 saturated carbocycles. The topological polar surface area (TPSA) is 96.7 Å². The zero-order valence-corrected chi connectivity index (χ0v) is 15.4. The molecule has 3 amide bonds. The summed E-state index contributed by atoms with van der Waals surface area (Å²) in [6.45, 7) is 2.11. The first-order chi connectivity index (χ1) is 12.6. The first-order valence-corrected chi connectivity index (χ1v) is 9.19. The summed E-state index contributed by atoms with van der Waals surface area (Å²) in [6.07, 6.45) is 0.740. The molecular weight excluding hydrogens is 352 g/mol. The molecule has 0 atom stereocenters. The molecule has 0 radical (unpaired) electrons. The van der Waals surface area contributed by atoms with E-state index < -0.39 is 0 Å². The number of nitrogens with zero attached hydrogens (tertiary/aromatic N) is 1. The first-order valence-electron chi connectivity index (χ1n) is 8.37. The summed E-state index contributed by atoms with van der Waals surface area (Å²) in [5, 5.41) is 5.67. The molecule has 2 heterocycles. The molecule has 4 N–H and O–H groups in total. The number of nitrogens with two attached hydrogens (primary N) is 1. The fourth-order valence-electron chi connectivity index (χ4n) is 2.77. The molecule has 26 heavy (non-hydrogen) atoms. The maximum atomic E-state index is 12.5. The van der Waals surface area contributed by atoms with Gasteiger partial charge in [-0.15, -0.1) is 11.3 Å². The van der Waals surface area contributed by atoms with Gasteiger partial charge in [-0.3, -0.25) is 4.79 Å². The molecule has 138 valence electrons. The van der Waals surface area contributed by atoms with Crippen molar-refractivity contribution < 1.29 is 14.3 Å². The summed E-state index contributed by atoms with van der Waals surface area (Å²) in [6, 6.07) is 8.97. The summed E-state index contributed by atoms with van der Waals surface area (Å²) in [7, 11) is 1.60. The van der Waals surface area contributed by atoms with E-state index in [2.05, 4.69) is 10.6 Å². The zero-order chi connectivity index (χ0) is 18.5. The average molecular weight is 374 g/mol. The number of methoxy groups -OCH3 is 1. The van der Waals surface area contributed by atoms with Crippen molar-refractivity contribution in [2.24, 2.45) is 0 Å². The van der Waals surface area contributed by atoms with Crippen LogP contribution in [0.5, 0.6) is 0 Å². The number of para-hydroxylation sites is 2. The number of carbonyl (C=O) groups excluding carboxylic acids is 2. The predicted octanol–water partition coefficient (Wildman–Crippen LogP) is 2.30. The Hall–Kier alpha value is -2.58. The van der Waals surface area contributed by atoms with Crippen LogP contribution >= 0.6 is 11.3 Å². The number of nitrogen functional groups attached to an aromatic ring is 1. The van der Waals surface area contributed by atoms with Crippen molar-refractivity contribution in [1.29, 1.82) is 0 Å². The van der Waals surface area contributed by atoms with E-state index in [1.807, 2.05) is 18.2 Å². The second kappa shape index (κ2) is 8.20. The molecule has 7 nitrogen and oxygen atoms in total. The van der Waals surface area contributed by atoms with Crippen molar-refractivity contribution in [3.63, 3.8) is 0 Å². The second-order valence-corrected chi connectivity index (χ2v) is 7.13. The molecule has 0 saturated heterocycles. The minimum Gasteiger partial charge on any atom is -0.397 e. The summed E-state index contributed by atoms with van der Waals surface area (Å²) in [4.78, 5) is 28.1. The highest BCUT2D eigenvalue weighted by Crippen LogP contribution is 2.29. The summed E-state index contributed by atoms with van der Waals surface area (Å²) < 4.78 is 4.94. The van der Waals surface area contributed by atoms with Crippen molar-refractivity contribution in [3.05, 3.63) is 45.6 Å². The molecule has 3 rings (SSSR count). The maximum Gasteiger partial charge on any atom is 0.317 e. The van der Waals surface area contributed by atoms with Gasteiger partial charge in [0.1, 0.15) is 0 Å². The number of hydrogen-bond donors (Lipinski definition) is 3. The first kappa shape index (κ1) is 18.2. The Bertz CT molecular complexity index is 805. The molecule has 1 aromatic heterocycles. The van der Waals surface area contributed by atoms with Gasteiger partial charge in [0, 0.05) is 25.1 Å². The average Bonchev–Trinajstić information content (AvgIpc) is 3.07. The van der Waals surface area contributed by atoms with Gasteiger partial charge in [-0.2, -0.15) is 0 Å². The molecule has 8 heteroatoms. The van der Waals surface area contributed by atoms with Gasteiger partial charge in [0.2, 0.25) is 0 Å². The number of amides is 3. The third-order valence-corrected chi connectivity index (χ3v) is 5.35. The smallest absolute Gasteiger partial charge is 0.317 e. The number of carbonyl (C=O) groups is 2. The van der Waals surface area contributed by atoms with E-state index in [1.54, 1.807) is 24.1 Å². The van der Waals surface area contributed by atoms with Gasteiger partial charge in [-0.05, 0) is 30.2 Å². The number of hydrogen-bond acceptors (Lipinski definition) is 5. The van der Waals surface area contributed by atoms with Crippen LogP contribution in [0.25, 0.3) is 0 Å². The molecule has 1 aromatic carbocycles. The van der Waals surface area contributed by atoms with E-state index in [0.29, 0.717) is 42.5 Å². The Morgan fingerprint density at radius 2 is 2.15 bits per heavy atom. The van der Waals surface area contributed by atoms with Gasteiger partial charge in [-0.25, -0.2) is 4.79 Å². The Morgan fingerprint density at radius 1 is 1.35 bits per heavy atom. The zero-order valence-electron chi connectivity index (χ0n) is 14.6. The minimum atomic E-state index is -0.182. The molecular formula is C18H22N4O3S. The number of thiophene rings is 1. The fraction of sp³-hybridized carbons (Fsp3) is 0.333. The van der Waals surface area contributed by atoms with Gasteiger partial charge in [0.05, 0.1) is 29.4 Å². The number of fused-ring (bicyclic) bond motifs is 1. The highest BCUT2D eigenvalue weighted by atomic mass is 32.1. The van der Waals surface area contributed by atoms with E-state index in [1.165, 1.54) is 11.3 Å². The number of rotatable bonds is 5. The standard InChI is InChI=1S/C18H22N4O3S/c1-25-9-7-20-18(24)22-8-6-12-10-15(26-16(12)11-22)17(23)21-14-5-3-2-4-13(14)19/h2-5,10H,6-9,11,19H2,1H3,(H,20,24)(H,21,23). The van der Waals surface area contributed by atoms with Crippen molar-refractivity contribution in [3.8, 4) is 0 Å². The normalized spacial score (nSPS) is 13.2. The number of ether oxygens (including phenoxy) is 1. The van der Waals surface area contributed by atoms with Gasteiger partial charge in [0.25, 0.3) is 5.91 Å². The van der Waals surface area contributed by atoms with E-state index >= 15 is 0 Å². The Balaban J connectivity index is 1.64. The van der Waals surface area contributed by atoms with Crippen molar-refractivity contribution in [2.75, 3.05) is 37.9 Å². The summed E-state index contributed by atoms with van der Waals surface area (Å²) >= 11 is 1.42. The molecule has 0 unspecified atom stereocenters. The van der Waals surface area contributed by atoms with Gasteiger partial charge < -0.3 is 26.0 Å². The molecule has 0 spiro atoms. The lowest BCUT2D eigenvalue weighted by atomic mass is 10.1. The van der Waals surface area contributed by atoms with Crippen molar-refractivity contribution in [2.45, 2.75) is 13.0 Å². The minimum absolute atomic E-state index is 0.107. The molecule has 0 bridgehead atoms. The van der Waals surface area contributed by atoms with Crippen LogP contribution in [0.15, 0.2) is 30.3 Å². The fourth-order valence-corrected chi connectivity index (χ4v) is 3.89. The monoisotopic (exact) mass is 374 g/mol. The number of nitrogens with one attached hydrogen (secondary N) is 2. The maximum absolute atomic E-state index is 12.5. The number of benzene rings is 1. The highest BCUT2D eigenvalue weighted by molar-refractivity contribution is 7.14. The predicted molar refractivity (Wildman–Crippen MR) is 103 cm³/mol. The Kier molecular flexibility index (Phi) is 5.75. The van der Waals surface area contributed by atoms with E-state index in [-0.39, 0.29) is 11.9 Å². The van der Waals surface area contributed by atoms with Crippen LogP contribution in [0.3, 0.4) is 0 Å². The summed E-state index contributed by atoms with van der Waals surface area (Å²) in [5.41, 5.74) is 8.13. The van der Waals surface area contributed by atoms with Gasteiger partial charge >= 0.3 is 6.03 Å². The van der Waals surface area contributed by atoms with Crippen LogP contribution < -0.4 is 16.4 Å². The van der Waals surface area contributed by atoms with Crippen LogP contribution in [0, 0.1) is 0 Å². The lowest BCUT2D eigenvalue weighted by Gasteiger charge is -2.26. The van der Waals surface area contributed by atoms with Crippen molar-refractivity contribution >= 4 is 34.6 Å². The molecule has 2 aromatic rings. The second-order valence-electron chi connectivity index (χ2n) is 6.00. The van der Waals surface area contributed by atoms with Gasteiger partial charge in [-0.1, -0.05) is 12.1 Å². The van der Waals surface area contributed by atoms with Crippen LogP contribution in [0.1, 0.15) is 20.1 Å². The lowest BCUT2D eigenvalue weighted by molar-refractivity contribution is 0.103. The van der Waals surface area contributed by atoms with Gasteiger partial charge in [0.15, 0.2) is 0 Å². The Labute approximate surface area is 156 Å². The number of urea groups is 1. The summed E-state index contributed by atoms with van der Waals surface area (Å²) in [5.74, 6) is -0.182. The largest absolute Gasteiger partial charge is 0.397 e. The number of anilines is 2. The molecule has 1 aliphatic rings.